The second-order valence-corrected chi connectivity index (χ2v) is 4.43. The first kappa shape index (κ1) is 14.8. The number of carbonyl (C=O) groups excluding carboxylic acids is 1. The Morgan fingerprint density at radius 2 is 2.06 bits per heavy atom. The summed E-state index contributed by atoms with van der Waals surface area (Å²) < 4.78 is 0. The Morgan fingerprint density at radius 1 is 1.39 bits per heavy atom. The zero-order chi connectivity index (χ0) is 13.5. The first-order valence-electron chi connectivity index (χ1n) is 6.14. The van der Waals surface area contributed by atoms with Crippen molar-refractivity contribution in [3.63, 3.8) is 0 Å². The maximum absolute atomic E-state index is 11.8. The van der Waals surface area contributed by atoms with Crippen LogP contribution in [0, 0.1) is 0 Å². The molecule has 100 valence electrons. The molecular formula is C13H20ClN3O. The first-order valence-corrected chi connectivity index (χ1v) is 6.51. The predicted molar refractivity (Wildman–Crippen MR) is 76.0 cm³/mol. The van der Waals surface area contributed by atoms with Gasteiger partial charge >= 0.3 is 0 Å². The summed E-state index contributed by atoms with van der Waals surface area (Å²) in [5.74, 6) is -0.120. The Kier molecular flexibility index (Phi) is 5.95. The minimum atomic E-state index is -0.120. The molecule has 3 N–H and O–H groups in total. The van der Waals surface area contributed by atoms with E-state index in [1.165, 1.54) is 0 Å². The van der Waals surface area contributed by atoms with Crippen molar-refractivity contribution in [2.45, 2.75) is 13.8 Å². The highest BCUT2D eigenvalue weighted by molar-refractivity contribution is 6.33. The quantitative estimate of drug-likeness (QED) is 0.777. The summed E-state index contributed by atoms with van der Waals surface area (Å²) in [5, 5.41) is 3.33. The van der Waals surface area contributed by atoms with Gasteiger partial charge in [-0.1, -0.05) is 25.4 Å². The minimum absolute atomic E-state index is 0.120. The zero-order valence-corrected chi connectivity index (χ0v) is 11.6. The fourth-order valence-electron chi connectivity index (χ4n) is 1.65. The number of hydrogen-bond donors (Lipinski definition) is 2. The van der Waals surface area contributed by atoms with Crippen molar-refractivity contribution in [3.8, 4) is 0 Å². The van der Waals surface area contributed by atoms with E-state index in [0.717, 1.165) is 19.6 Å². The van der Waals surface area contributed by atoms with Gasteiger partial charge in [-0.2, -0.15) is 0 Å². The van der Waals surface area contributed by atoms with Crippen LogP contribution in [-0.4, -0.2) is 37.0 Å². The lowest BCUT2D eigenvalue weighted by atomic mass is 10.2. The van der Waals surface area contributed by atoms with Gasteiger partial charge in [0, 0.05) is 18.7 Å². The Labute approximate surface area is 113 Å². The van der Waals surface area contributed by atoms with Crippen molar-refractivity contribution < 1.29 is 4.79 Å². The number of nitrogen functional groups attached to an aromatic ring is 1. The van der Waals surface area contributed by atoms with E-state index in [2.05, 4.69) is 24.1 Å². The maximum atomic E-state index is 11.8. The van der Waals surface area contributed by atoms with Crippen LogP contribution in [0.1, 0.15) is 24.2 Å². The highest BCUT2D eigenvalue weighted by Crippen LogP contribution is 2.19. The van der Waals surface area contributed by atoms with Crippen LogP contribution in [0.3, 0.4) is 0 Å². The van der Waals surface area contributed by atoms with Crippen LogP contribution < -0.4 is 11.1 Å². The second kappa shape index (κ2) is 7.24. The zero-order valence-electron chi connectivity index (χ0n) is 10.9. The number of nitrogens with one attached hydrogen (secondary N) is 1. The van der Waals surface area contributed by atoms with Crippen LogP contribution in [-0.2, 0) is 0 Å². The van der Waals surface area contributed by atoms with Crippen molar-refractivity contribution in [2.24, 2.45) is 0 Å². The summed E-state index contributed by atoms with van der Waals surface area (Å²) in [6.45, 7) is 7.65. The molecule has 0 saturated carbocycles. The molecule has 0 saturated heterocycles. The summed E-state index contributed by atoms with van der Waals surface area (Å²) in [5.41, 5.74) is 6.62. The molecule has 0 unspecified atom stereocenters. The Bertz CT molecular complexity index is 405. The summed E-state index contributed by atoms with van der Waals surface area (Å²) in [6, 6.07) is 4.90. The highest BCUT2D eigenvalue weighted by atomic mass is 35.5. The van der Waals surface area contributed by atoms with Gasteiger partial charge in [-0.15, -0.1) is 0 Å². The molecule has 5 heteroatoms. The Balaban J connectivity index is 2.48. The van der Waals surface area contributed by atoms with Gasteiger partial charge in [0.1, 0.15) is 0 Å². The summed E-state index contributed by atoms with van der Waals surface area (Å²) in [6.07, 6.45) is 0. The molecular weight excluding hydrogens is 250 g/mol. The van der Waals surface area contributed by atoms with Crippen LogP contribution in [0.15, 0.2) is 18.2 Å². The van der Waals surface area contributed by atoms with Crippen LogP contribution in [0.4, 0.5) is 5.69 Å². The molecule has 4 nitrogen and oxygen atoms in total. The van der Waals surface area contributed by atoms with Crippen molar-refractivity contribution >= 4 is 23.2 Å². The number of nitrogens with zero attached hydrogens (tertiary/aromatic N) is 1. The van der Waals surface area contributed by atoms with Gasteiger partial charge in [0.25, 0.3) is 5.91 Å². The van der Waals surface area contributed by atoms with Crippen molar-refractivity contribution in [1.82, 2.24) is 10.2 Å². The number of hydrogen-bond acceptors (Lipinski definition) is 3. The molecule has 1 rings (SSSR count). The number of halogens is 1. The number of amides is 1. The van der Waals surface area contributed by atoms with E-state index in [1.807, 2.05) is 0 Å². The predicted octanol–water partition coefficient (Wildman–Crippen LogP) is 1.99. The van der Waals surface area contributed by atoms with Crippen LogP contribution in [0.5, 0.6) is 0 Å². The molecule has 0 bridgehead atoms. The molecule has 18 heavy (non-hydrogen) atoms. The summed E-state index contributed by atoms with van der Waals surface area (Å²) >= 11 is 5.81. The monoisotopic (exact) mass is 269 g/mol. The van der Waals surface area contributed by atoms with E-state index < -0.39 is 0 Å². The molecule has 0 fully saturated rings. The third-order valence-corrected chi connectivity index (χ3v) is 3.21. The standard InChI is InChI=1S/C13H20ClN3O/c1-3-17(4-2)8-7-16-13(18)10-5-6-11(14)12(15)9-10/h5-6,9H,3-4,7-8,15H2,1-2H3,(H,16,18). The van der Waals surface area contributed by atoms with Gasteiger partial charge in [0.05, 0.1) is 10.7 Å². The molecule has 0 aromatic heterocycles. The van der Waals surface area contributed by atoms with Gasteiger partial charge in [-0.05, 0) is 31.3 Å². The lowest BCUT2D eigenvalue weighted by Crippen LogP contribution is -2.34. The average molecular weight is 270 g/mol. The smallest absolute Gasteiger partial charge is 0.251 e. The number of likely N-dealkylation sites (N-methyl/N-ethyl adjacent to an activating group) is 1. The minimum Gasteiger partial charge on any atom is -0.398 e. The lowest BCUT2D eigenvalue weighted by molar-refractivity contribution is 0.0949. The highest BCUT2D eigenvalue weighted by Gasteiger charge is 2.07. The molecule has 0 aliphatic rings. The van der Waals surface area contributed by atoms with Crippen molar-refractivity contribution in [2.75, 3.05) is 31.9 Å². The molecule has 1 amide bonds. The van der Waals surface area contributed by atoms with E-state index >= 15 is 0 Å². The molecule has 0 aliphatic carbocycles. The van der Waals surface area contributed by atoms with Crippen molar-refractivity contribution in [1.29, 1.82) is 0 Å². The van der Waals surface area contributed by atoms with Crippen LogP contribution in [0.25, 0.3) is 0 Å². The number of nitrogens with two attached hydrogens (primary N) is 1. The fraction of sp³-hybridized carbons (Fsp3) is 0.462. The van der Waals surface area contributed by atoms with E-state index in [4.69, 9.17) is 17.3 Å². The first-order chi connectivity index (χ1) is 8.58. The Hall–Kier alpha value is -1.26. The van der Waals surface area contributed by atoms with Gasteiger partial charge in [-0.3, -0.25) is 4.79 Å². The van der Waals surface area contributed by atoms with Gasteiger partial charge in [-0.25, -0.2) is 0 Å². The SMILES string of the molecule is CCN(CC)CCNC(=O)c1ccc(Cl)c(N)c1. The van der Waals surface area contributed by atoms with E-state index in [1.54, 1.807) is 18.2 Å². The number of rotatable bonds is 6. The van der Waals surface area contributed by atoms with Gasteiger partial charge in [0.2, 0.25) is 0 Å². The molecule has 0 radical (unpaired) electrons. The normalized spacial score (nSPS) is 10.7. The summed E-state index contributed by atoms with van der Waals surface area (Å²) in [4.78, 5) is 14.1. The maximum Gasteiger partial charge on any atom is 0.251 e. The van der Waals surface area contributed by atoms with E-state index in [9.17, 15) is 4.79 Å². The summed E-state index contributed by atoms with van der Waals surface area (Å²) in [7, 11) is 0. The molecule has 0 spiro atoms. The molecule has 0 atom stereocenters. The number of benzene rings is 1. The van der Waals surface area contributed by atoms with E-state index in [0.29, 0.717) is 22.8 Å². The van der Waals surface area contributed by atoms with Crippen LogP contribution >= 0.6 is 11.6 Å². The molecule has 1 aromatic rings. The molecule has 0 aliphatic heterocycles. The average Bonchev–Trinajstić information content (AvgIpc) is 2.37. The van der Waals surface area contributed by atoms with E-state index in [-0.39, 0.29) is 5.91 Å². The number of anilines is 1. The van der Waals surface area contributed by atoms with Crippen LogP contribution in [0.2, 0.25) is 5.02 Å². The van der Waals surface area contributed by atoms with Crippen molar-refractivity contribution in [3.05, 3.63) is 28.8 Å². The topological polar surface area (TPSA) is 58.4 Å². The van der Waals surface area contributed by atoms with Gasteiger partial charge in [0.15, 0.2) is 0 Å². The fourth-order valence-corrected chi connectivity index (χ4v) is 1.77. The Morgan fingerprint density at radius 3 is 2.61 bits per heavy atom. The molecule has 1 aromatic carbocycles. The largest absolute Gasteiger partial charge is 0.398 e. The third-order valence-electron chi connectivity index (χ3n) is 2.87. The molecule has 0 heterocycles. The third kappa shape index (κ3) is 4.20. The number of carbonyl (C=O) groups is 1. The lowest BCUT2D eigenvalue weighted by Gasteiger charge is -2.18. The second-order valence-electron chi connectivity index (χ2n) is 4.02. The van der Waals surface area contributed by atoms with Gasteiger partial charge < -0.3 is 16.0 Å².